The highest BCUT2D eigenvalue weighted by Gasteiger charge is 2.08. The zero-order valence-corrected chi connectivity index (χ0v) is 15.8. The summed E-state index contributed by atoms with van der Waals surface area (Å²) in [5.74, 6) is 0.526. The van der Waals surface area contributed by atoms with Gasteiger partial charge in [0.25, 0.3) is 5.91 Å². The molecule has 0 unspecified atom stereocenters. The molecule has 0 fully saturated rings. The molecular weight excluding hydrogens is 346 g/mol. The molecule has 6 heteroatoms. The Labute approximate surface area is 160 Å². The predicted octanol–water partition coefficient (Wildman–Crippen LogP) is 3.85. The zero-order chi connectivity index (χ0) is 18.6. The molecule has 2 aromatic rings. The summed E-state index contributed by atoms with van der Waals surface area (Å²) < 4.78 is 5.68. The van der Waals surface area contributed by atoms with Gasteiger partial charge in [0, 0.05) is 24.5 Å². The highest BCUT2D eigenvalue weighted by Crippen LogP contribution is 2.13. The van der Waals surface area contributed by atoms with E-state index in [1.165, 1.54) is 19.3 Å². The smallest absolute Gasteiger partial charge is 0.257 e. The number of aromatic nitrogens is 1. The van der Waals surface area contributed by atoms with E-state index in [0.29, 0.717) is 18.7 Å². The van der Waals surface area contributed by atoms with Gasteiger partial charge in [-0.1, -0.05) is 32.3 Å². The first-order valence-electron chi connectivity index (χ1n) is 8.90. The summed E-state index contributed by atoms with van der Waals surface area (Å²) in [5.41, 5.74) is 1.53. The first-order chi connectivity index (χ1) is 12.7. The summed E-state index contributed by atoms with van der Waals surface area (Å²) in [6, 6.07) is 10.9. The third-order valence-corrected chi connectivity index (χ3v) is 4.03. The van der Waals surface area contributed by atoms with Crippen LogP contribution < -0.4 is 15.4 Å². The largest absolute Gasteiger partial charge is 0.494 e. The van der Waals surface area contributed by atoms with Crippen molar-refractivity contribution in [3.63, 3.8) is 0 Å². The number of pyridine rings is 1. The van der Waals surface area contributed by atoms with E-state index in [2.05, 4.69) is 22.5 Å². The van der Waals surface area contributed by atoms with Gasteiger partial charge in [0.05, 0.1) is 6.61 Å². The minimum atomic E-state index is -0.247. The molecule has 1 amide bonds. The Balaban J connectivity index is 1.73. The molecule has 5 nitrogen and oxygen atoms in total. The molecule has 0 radical (unpaired) electrons. The van der Waals surface area contributed by atoms with E-state index in [1.54, 1.807) is 36.7 Å². The van der Waals surface area contributed by atoms with E-state index in [9.17, 15) is 4.79 Å². The van der Waals surface area contributed by atoms with E-state index < -0.39 is 0 Å². The number of nitrogens with one attached hydrogen (secondary N) is 2. The van der Waals surface area contributed by atoms with Crippen LogP contribution in [-0.2, 0) is 6.54 Å². The van der Waals surface area contributed by atoms with Gasteiger partial charge in [-0.2, -0.15) is 0 Å². The molecular formula is C20H25N3O2S. The van der Waals surface area contributed by atoms with Crippen LogP contribution in [0, 0.1) is 0 Å². The van der Waals surface area contributed by atoms with Crippen LogP contribution >= 0.6 is 12.2 Å². The van der Waals surface area contributed by atoms with Crippen molar-refractivity contribution in [1.29, 1.82) is 0 Å². The minimum Gasteiger partial charge on any atom is -0.494 e. The summed E-state index contributed by atoms with van der Waals surface area (Å²) in [7, 11) is 0. The molecule has 2 N–H and O–H groups in total. The number of ether oxygens (including phenoxy) is 1. The van der Waals surface area contributed by atoms with Gasteiger partial charge >= 0.3 is 0 Å². The van der Waals surface area contributed by atoms with Crippen LogP contribution in [0.25, 0.3) is 0 Å². The molecule has 0 saturated heterocycles. The van der Waals surface area contributed by atoms with E-state index in [0.717, 1.165) is 17.7 Å². The van der Waals surface area contributed by atoms with Crippen molar-refractivity contribution >= 4 is 23.2 Å². The summed E-state index contributed by atoms with van der Waals surface area (Å²) in [6.45, 7) is 3.40. The van der Waals surface area contributed by atoms with Gasteiger partial charge in [0.15, 0.2) is 5.11 Å². The Morgan fingerprint density at radius 1 is 1.15 bits per heavy atom. The predicted molar refractivity (Wildman–Crippen MR) is 107 cm³/mol. The maximum absolute atomic E-state index is 12.2. The van der Waals surface area contributed by atoms with Crippen LogP contribution in [0.4, 0.5) is 0 Å². The number of rotatable bonds is 9. The molecule has 0 aliphatic carbocycles. The van der Waals surface area contributed by atoms with Gasteiger partial charge in [-0.25, -0.2) is 0 Å². The molecule has 0 spiro atoms. The summed E-state index contributed by atoms with van der Waals surface area (Å²) in [5, 5.41) is 5.95. The minimum absolute atomic E-state index is 0.247. The van der Waals surface area contributed by atoms with Crippen molar-refractivity contribution in [3.8, 4) is 5.75 Å². The molecule has 0 aliphatic heterocycles. The zero-order valence-electron chi connectivity index (χ0n) is 15.0. The second-order valence-electron chi connectivity index (χ2n) is 5.93. The van der Waals surface area contributed by atoms with E-state index in [4.69, 9.17) is 17.0 Å². The fourth-order valence-electron chi connectivity index (χ4n) is 2.33. The first kappa shape index (κ1) is 19.8. The summed E-state index contributed by atoms with van der Waals surface area (Å²) in [6.07, 6.45) is 8.13. The number of thiocarbonyl (C=S) groups is 1. The van der Waals surface area contributed by atoms with E-state index in [1.807, 2.05) is 12.1 Å². The summed E-state index contributed by atoms with van der Waals surface area (Å²) in [4.78, 5) is 16.3. The number of hydrogen-bond donors (Lipinski definition) is 2. The lowest BCUT2D eigenvalue weighted by molar-refractivity contribution is 0.0976. The molecule has 1 aromatic heterocycles. The van der Waals surface area contributed by atoms with Crippen LogP contribution in [0.1, 0.15) is 48.5 Å². The molecule has 2 rings (SSSR count). The molecule has 0 bridgehead atoms. The number of hydrogen-bond acceptors (Lipinski definition) is 4. The van der Waals surface area contributed by atoms with Crippen molar-refractivity contribution in [2.24, 2.45) is 0 Å². The second kappa shape index (κ2) is 11.2. The lowest BCUT2D eigenvalue weighted by Crippen LogP contribution is -2.38. The number of carbonyl (C=O) groups is 1. The topological polar surface area (TPSA) is 63.2 Å². The van der Waals surface area contributed by atoms with Gasteiger partial charge in [0.2, 0.25) is 0 Å². The molecule has 0 aliphatic rings. The van der Waals surface area contributed by atoms with Gasteiger partial charge in [0.1, 0.15) is 5.75 Å². The number of nitrogens with zero attached hydrogens (tertiary/aromatic N) is 1. The van der Waals surface area contributed by atoms with Crippen molar-refractivity contribution in [3.05, 3.63) is 59.9 Å². The average Bonchev–Trinajstić information content (AvgIpc) is 2.67. The highest BCUT2D eigenvalue weighted by atomic mass is 32.1. The molecule has 0 saturated carbocycles. The van der Waals surface area contributed by atoms with E-state index in [-0.39, 0.29) is 11.0 Å². The molecule has 0 atom stereocenters. The van der Waals surface area contributed by atoms with Crippen molar-refractivity contribution in [2.45, 2.75) is 39.2 Å². The van der Waals surface area contributed by atoms with Crippen LogP contribution in [0.5, 0.6) is 5.75 Å². The molecule has 138 valence electrons. The quantitative estimate of drug-likeness (QED) is 0.518. The van der Waals surface area contributed by atoms with Gasteiger partial charge in [-0.3, -0.25) is 15.1 Å². The van der Waals surface area contributed by atoms with Gasteiger partial charge in [-0.15, -0.1) is 0 Å². The Morgan fingerprint density at radius 2 is 1.96 bits per heavy atom. The number of unbranched alkanes of at least 4 members (excludes halogenated alkanes) is 3. The number of benzene rings is 1. The van der Waals surface area contributed by atoms with Gasteiger partial charge < -0.3 is 10.1 Å². The van der Waals surface area contributed by atoms with Crippen molar-refractivity contribution in [1.82, 2.24) is 15.6 Å². The fraction of sp³-hybridized carbons (Fsp3) is 0.350. The average molecular weight is 372 g/mol. The van der Waals surface area contributed by atoms with Crippen molar-refractivity contribution in [2.75, 3.05) is 6.61 Å². The number of carbonyl (C=O) groups excluding carboxylic acids is 1. The highest BCUT2D eigenvalue weighted by molar-refractivity contribution is 7.80. The second-order valence-corrected chi connectivity index (χ2v) is 6.34. The standard InChI is InChI=1S/C20H25N3O2S/c1-2-3-4-5-13-25-18-10-8-17(9-11-18)19(24)23-20(26)22-15-16-7-6-12-21-14-16/h6-12,14H,2-5,13,15H2,1H3,(H2,22,23,24,26). The maximum atomic E-state index is 12.2. The molecule has 1 heterocycles. The maximum Gasteiger partial charge on any atom is 0.257 e. The van der Waals surface area contributed by atoms with Crippen LogP contribution in [0.15, 0.2) is 48.8 Å². The lowest BCUT2D eigenvalue weighted by Gasteiger charge is -2.10. The van der Waals surface area contributed by atoms with Crippen molar-refractivity contribution < 1.29 is 9.53 Å². The molecule has 1 aromatic carbocycles. The third kappa shape index (κ3) is 7.19. The lowest BCUT2D eigenvalue weighted by atomic mass is 10.2. The van der Waals surface area contributed by atoms with E-state index >= 15 is 0 Å². The Bertz CT molecular complexity index is 690. The normalized spacial score (nSPS) is 10.2. The van der Waals surface area contributed by atoms with Crippen LogP contribution in [0.3, 0.4) is 0 Å². The third-order valence-electron chi connectivity index (χ3n) is 3.79. The molecule has 26 heavy (non-hydrogen) atoms. The fourth-order valence-corrected chi connectivity index (χ4v) is 2.49. The Morgan fingerprint density at radius 3 is 2.65 bits per heavy atom. The SMILES string of the molecule is CCCCCCOc1ccc(C(=O)NC(=S)NCc2cccnc2)cc1. The monoisotopic (exact) mass is 371 g/mol. The summed E-state index contributed by atoms with van der Waals surface area (Å²) >= 11 is 5.16. The van der Waals surface area contributed by atoms with Crippen LogP contribution in [-0.4, -0.2) is 22.6 Å². The number of amides is 1. The first-order valence-corrected chi connectivity index (χ1v) is 9.31. The Hall–Kier alpha value is -2.47. The van der Waals surface area contributed by atoms with Gasteiger partial charge in [-0.05, 0) is 54.5 Å². The Kier molecular flexibility index (Phi) is 8.55. The van der Waals surface area contributed by atoms with Crippen LogP contribution in [0.2, 0.25) is 0 Å².